The fourth-order valence-corrected chi connectivity index (χ4v) is 3.16. The van der Waals surface area contributed by atoms with Gasteiger partial charge >= 0.3 is 6.03 Å². The smallest absolute Gasteiger partial charge is 0.336 e. The fourth-order valence-electron chi connectivity index (χ4n) is 2.99. The molecule has 0 spiro atoms. The molecule has 1 heterocycles. The van der Waals surface area contributed by atoms with Crippen LogP contribution in [-0.4, -0.2) is 28.2 Å². The summed E-state index contributed by atoms with van der Waals surface area (Å²) in [7, 11) is 0. The van der Waals surface area contributed by atoms with Crippen molar-refractivity contribution in [3.8, 4) is 0 Å². The van der Waals surface area contributed by atoms with Crippen molar-refractivity contribution in [3.05, 3.63) is 80.0 Å². The van der Waals surface area contributed by atoms with E-state index in [2.05, 4.69) is 17.3 Å². The van der Waals surface area contributed by atoms with Crippen LogP contribution in [0.5, 0.6) is 0 Å². The lowest BCUT2D eigenvalue weighted by atomic mass is 9.97. The maximum Gasteiger partial charge on any atom is 0.342 e. The number of benzene rings is 2. The number of carbonyl (C=O) groups excluding carboxylic acids is 1. The number of carbonyl (C=O) groups is 1. The van der Waals surface area contributed by atoms with E-state index in [1.54, 1.807) is 31.2 Å². The van der Waals surface area contributed by atoms with E-state index in [1.807, 2.05) is 12.1 Å². The van der Waals surface area contributed by atoms with Gasteiger partial charge in [0.05, 0.1) is 10.6 Å². The third-order valence-electron chi connectivity index (χ3n) is 4.52. The van der Waals surface area contributed by atoms with Crippen LogP contribution in [0.2, 0.25) is 5.02 Å². The Morgan fingerprint density at radius 2 is 1.97 bits per heavy atom. The number of non-ortho nitro benzene ring substituents is 1. The molecule has 2 amide bonds. The van der Waals surface area contributed by atoms with Crippen LogP contribution in [0.3, 0.4) is 0 Å². The van der Waals surface area contributed by atoms with E-state index in [0.717, 1.165) is 24.0 Å². The molecule has 29 heavy (non-hydrogen) atoms. The number of nitro benzene ring substituents is 1. The minimum atomic E-state index is -0.456. The van der Waals surface area contributed by atoms with Crippen LogP contribution in [0.4, 0.5) is 10.5 Å². The lowest BCUT2D eigenvalue weighted by Crippen LogP contribution is -2.36. The van der Waals surface area contributed by atoms with Crippen molar-refractivity contribution in [1.82, 2.24) is 10.3 Å². The van der Waals surface area contributed by atoms with Gasteiger partial charge in [0, 0.05) is 40.5 Å². The number of allylic oxidation sites excluding steroid dienone is 1. The number of urea groups is 1. The largest absolute Gasteiger partial charge is 0.342 e. The number of halogens is 1. The zero-order valence-corrected chi connectivity index (χ0v) is 16.9. The lowest BCUT2D eigenvalue weighted by molar-refractivity contribution is -0.384. The summed E-state index contributed by atoms with van der Waals surface area (Å²) >= 11 is 6.21. The predicted octanol–water partition coefficient (Wildman–Crippen LogP) is 5.19. The third-order valence-corrected chi connectivity index (χ3v) is 4.75. The second kappa shape index (κ2) is 8.87. The summed E-state index contributed by atoms with van der Waals surface area (Å²) in [5.41, 5.74) is 3.39. The average Bonchev–Trinajstić information content (AvgIpc) is 2.84. The molecule has 0 radical (unpaired) electrons. The van der Waals surface area contributed by atoms with Crippen molar-refractivity contribution < 1.29 is 9.72 Å². The first-order chi connectivity index (χ1) is 13.9. The molecule has 0 bridgehead atoms. The fraction of sp³-hybridized carbons (Fsp3) is 0.238. The molecule has 2 aromatic rings. The number of nitrogens with one attached hydrogen (secondary N) is 1. The van der Waals surface area contributed by atoms with Crippen LogP contribution in [0.25, 0.3) is 6.08 Å². The SMILES string of the molecule is CCCCNC(=O)N1N=C(c2ccc([N+](=O)[O-])cc2)c2cc(Cl)ccc2C=C1C. The van der Waals surface area contributed by atoms with Crippen LogP contribution in [0, 0.1) is 10.1 Å². The second-order valence-corrected chi connectivity index (χ2v) is 7.10. The highest BCUT2D eigenvalue weighted by atomic mass is 35.5. The molecule has 0 saturated heterocycles. The van der Waals surface area contributed by atoms with Crippen LogP contribution < -0.4 is 5.32 Å². The first-order valence-corrected chi connectivity index (χ1v) is 9.68. The number of hydrogen-bond donors (Lipinski definition) is 1. The standard InChI is InChI=1S/C21H21ClN4O3/c1-3-4-11-23-21(27)25-14(2)12-16-5-8-17(22)13-19(16)20(24-25)15-6-9-18(10-7-15)26(28)29/h5-10,12-13H,3-4,11H2,1-2H3,(H,23,27). The number of nitrogens with zero attached hydrogens (tertiary/aromatic N) is 3. The number of rotatable bonds is 5. The molecule has 8 heteroatoms. The monoisotopic (exact) mass is 412 g/mol. The average molecular weight is 413 g/mol. The van der Waals surface area contributed by atoms with E-state index >= 15 is 0 Å². The van der Waals surface area contributed by atoms with E-state index in [-0.39, 0.29) is 11.7 Å². The summed E-state index contributed by atoms with van der Waals surface area (Å²) in [6.07, 6.45) is 3.71. The van der Waals surface area contributed by atoms with Crippen LogP contribution in [-0.2, 0) is 0 Å². The number of hydrogen-bond acceptors (Lipinski definition) is 4. The van der Waals surface area contributed by atoms with Gasteiger partial charge in [-0.15, -0.1) is 0 Å². The zero-order chi connectivity index (χ0) is 21.0. The summed E-state index contributed by atoms with van der Waals surface area (Å²) in [6, 6.07) is 11.2. The van der Waals surface area contributed by atoms with Crippen LogP contribution in [0.15, 0.2) is 53.3 Å². The number of hydrazone groups is 1. The normalized spacial score (nSPS) is 13.1. The second-order valence-electron chi connectivity index (χ2n) is 6.67. The number of amides is 2. The van der Waals surface area contributed by atoms with Crippen LogP contribution in [0.1, 0.15) is 43.4 Å². The molecule has 0 saturated carbocycles. The molecule has 0 aliphatic carbocycles. The molecular formula is C21H21ClN4O3. The van der Waals surface area contributed by atoms with E-state index in [1.165, 1.54) is 17.1 Å². The molecule has 2 aromatic carbocycles. The van der Waals surface area contributed by atoms with Gasteiger partial charge in [-0.1, -0.05) is 31.0 Å². The van der Waals surface area contributed by atoms with Crippen molar-refractivity contribution in [1.29, 1.82) is 0 Å². The summed E-state index contributed by atoms with van der Waals surface area (Å²) in [4.78, 5) is 23.3. The summed E-state index contributed by atoms with van der Waals surface area (Å²) in [5, 5.41) is 20.3. The van der Waals surface area contributed by atoms with E-state index in [9.17, 15) is 14.9 Å². The molecule has 0 fully saturated rings. The molecule has 150 valence electrons. The summed E-state index contributed by atoms with van der Waals surface area (Å²) in [5.74, 6) is 0. The lowest BCUT2D eigenvalue weighted by Gasteiger charge is -2.18. The van der Waals surface area contributed by atoms with Gasteiger partial charge in [0.25, 0.3) is 5.69 Å². The summed E-state index contributed by atoms with van der Waals surface area (Å²) in [6.45, 7) is 4.41. The molecule has 0 unspecified atom stereocenters. The van der Waals surface area contributed by atoms with Gasteiger partial charge in [0.15, 0.2) is 0 Å². The Bertz CT molecular complexity index is 999. The minimum Gasteiger partial charge on any atom is -0.336 e. The Labute approximate surface area is 173 Å². The van der Waals surface area contributed by atoms with E-state index in [0.29, 0.717) is 28.5 Å². The molecule has 3 rings (SSSR count). The number of fused-ring (bicyclic) bond motifs is 1. The van der Waals surface area contributed by atoms with E-state index < -0.39 is 4.92 Å². The Morgan fingerprint density at radius 1 is 1.24 bits per heavy atom. The zero-order valence-electron chi connectivity index (χ0n) is 16.2. The molecular weight excluding hydrogens is 392 g/mol. The van der Waals surface area contributed by atoms with Gasteiger partial charge < -0.3 is 5.32 Å². The minimum absolute atomic E-state index is 0.0160. The molecule has 0 aromatic heterocycles. The van der Waals surface area contributed by atoms with Crippen molar-refractivity contribution in [2.24, 2.45) is 5.10 Å². The Hall–Kier alpha value is -3.19. The quantitative estimate of drug-likeness (QED) is 0.416. The van der Waals surface area contributed by atoms with Crippen molar-refractivity contribution in [2.75, 3.05) is 6.54 Å². The molecule has 1 aliphatic heterocycles. The highest BCUT2D eigenvalue weighted by molar-refractivity contribution is 6.31. The number of nitro groups is 1. The maximum absolute atomic E-state index is 12.7. The van der Waals surface area contributed by atoms with Crippen molar-refractivity contribution >= 4 is 35.1 Å². The van der Waals surface area contributed by atoms with Crippen LogP contribution >= 0.6 is 11.6 Å². The third kappa shape index (κ3) is 4.63. The predicted molar refractivity (Wildman–Crippen MR) is 114 cm³/mol. The van der Waals surface area contributed by atoms with Gasteiger partial charge in [0.2, 0.25) is 0 Å². The van der Waals surface area contributed by atoms with Gasteiger partial charge in [-0.2, -0.15) is 10.1 Å². The van der Waals surface area contributed by atoms with E-state index in [4.69, 9.17) is 11.6 Å². The Kier molecular flexibility index (Phi) is 6.29. The maximum atomic E-state index is 12.7. The molecule has 7 nitrogen and oxygen atoms in total. The highest BCUT2D eigenvalue weighted by Crippen LogP contribution is 2.27. The van der Waals surface area contributed by atoms with Gasteiger partial charge in [-0.3, -0.25) is 10.1 Å². The molecule has 0 atom stereocenters. The highest BCUT2D eigenvalue weighted by Gasteiger charge is 2.23. The van der Waals surface area contributed by atoms with Gasteiger partial charge in [-0.25, -0.2) is 4.79 Å². The first-order valence-electron chi connectivity index (χ1n) is 9.30. The Balaban J connectivity index is 2.09. The van der Waals surface area contributed by atoms with Gasteiger partial charge in [0.1, 0.15) is 0 Å². The Morgan fingerprint density at radius 3 is 2.62 bits per heavy atom. The summed E-state index contributed by atoms with van der Waals surface area (Å²) < 4.78 is 0. The first kappa shape index (κ1) is 20.5. The topological polar surface area (TPSA) is 87.8 Å². The van der Waals surface area contributed by atoms with Crippen molar-refractivity contribution in [3.63, 3.8) is 0 Å². The molecule has 1 aliphatic rings. The molecule has 1 N–H and O–H groups in total. The van der Waals surface area contributed by atoms with Gasteiger partial charge in [-0.05, 0) is 49.2 Å². The van der Waals surface area contributed by atoms with Crippen molar-refractivity contribution in [2.45, 2.75) is 26.7 Å². The number of unbranched alkanes of at least 4 members (excludes halogenated alkanes) is 1.